The summed E-state index contributed by atoms with van der Waals surface area (Å²) in [6.07, 6.45) is 0. The predicted molar refractivity (Wildman–Crippen MR) is 131 cm³/mol. The van der Waals surface area contributed by atoms with E-state index >= 15 is 0 Å². The first kappa shape index (κ1) is 23.2. The lowest BCUT2D eigenvalue weighted by Gasteiger charge is -2.14. The second-order valence-corrected chi connectivity index (χ2v) is 9.06. The van der Waals surface area contributed by atoms with Crippen molar-refractivity contribution < 1.29 is 9.53 Å². The van der Waals surface area contributed by atoms with Crippen LogP contribution in [0.1, 0.15) is 35.3 Å². The number of nitrogens with one attached hydrogen (secondary N) is 2. The van der Waals surface area contributed by atoms with Crippen molar-refractivity contribution in [1.29, 1.82) is 0 Å². The van der Waals surface area contributed by atoms with Crippen LogP contribution in [0.5, 0.6) is 5.75 Å². The molecule has 4 nitrogen and oxygen atoms in total. The number of hydrogen-bond acceptors (Lipinski definition) is 3. The molecule has 2 N–H and O–H groups in total. The van der Waals surface area contributed by atoms with Gasteiger partial charge < -0.3 is 15.4 Å². The molecular formula is C25H26BrClN2O2. The van der Waals surface area contributed by atoms with E-state index in [9.17, 15) is 4.79 Å². The molecule has 3 aromatic carbocycles. The maximum atomic E-state index is 12.3. The summed E-state index contributed by atoms with van der Waals surface area (Å²) in [6.45, 7) is 5.82. The molecule has 3 aromatic rings. The van der Waals surface area contributed by atoms with E-state index in [1.165, 1.54) is 0 Å². The summed E-state index contributed by atoms with van der Waals surface area (Å²) in [5.74, 6) is 1.15. The van der Waals surface area contributed by atoms with Crippen LogP contribution < -0.4 is 15.4 Å². The number of ether oxygens (including phenoxy) is 1. The van der Waals surface area contributed by atoms with Crippen molar-refractivity contribution >= 4 is 39.1 Å². The van der Waals surface area contributed by atoms with Crippen molar-refractivity contribution in [3.05, 3.63) is 92.9 Å². The highest BCUT2D eigenvalue weighted by atomic mass is 79.9. The van der Waals surface area contributed by atoms with Crippen molar-refractivity contribution in [3.63, 3.8) is 0 Å². The number of rotatable bonds is 9. The number of carbonyl (C=O) groups is 1. The molecule has 0 aliphatic rings. The molecule has 0 aromatic heterocycles. The van der Waals surface area contributed by atoms with Crippen LogP contribution in [0.2, 0.25) is 5.02 Å². The van der Waals surface area contributed by atoms with Crippen LogP contribution >= 0.6 is 27.5 Å². The molecule has 0 aliphatic carbocycles. The fourth-order valence-corrected chi connectivity index (χ4v) is 3.47. The average Bonchev–Trinajstić information content (AvgIpc) is 2.76. The normalized spacial score (nSPS) is 10.7. The molecule has 6 heteroatoms. The summed E-state index contributed by atoms with van der Waals surface area (Å²) >= 11 is 9.49. The van der Waals surface area contributed by atoms with Gasteiger partial charge in [0.1, 0.15) is 12.4 Å². The van der Waals surface area contributed by atoms with E-state index in [4.69, 9.17) is 16.3 Å². The molecule has 0 saturated carbocycles. The van der Waals surface area contributed by atoms with Crippen LogP contribution in [0.4, 0.5) is 5.69 Å². The Labute approximate surface area is 197 Å². The van der Waals surface area contributed by atoms with E-state index in [1.54, 1.807) is 0 Å². The molecule has 0 radical (unpaired) electrons. The first-order valence-electron chi connectivity index (χ1n) is 10.2. The van der Waals surface area contributed by atoms with Gasteiger partial charge in [0.05, 0.1) is 0 Å². The molecule has 1 amide bonds. The Bertz CT molecular complexity index is 1020. The highest BCUT2D eigenvalue weighted by molar-refractivity contribution is 9.10. The summed E-state index contributed by atoms with van der Waals surface area (Å²) in [4.78, 5) is 12.3. The monoisotopic (exact) mass is 500 g/mol. The Balaban J connectivity index is 1.66. The topological polar surface area (TPSA) is 50.4 Å². The van der Waals surface area contributed by atoms with Gasteiger partial charge >= 0.3 is 0 Å². The lowest BCUT2D eigenvalue weighted by atomic mass is 10.1. The van der Waals surface area contributed by atoms with E-state index in [1.807, 2.05) is 66.7 Å². The Kier molecular flexibility index (Phi) is 8.38. The predicted octanol–water partition coefficient (Wildman–Crippen LogP) is 6.68. The minimum absolute atomic E-state index is 0.0632. The number of amides is 1. The quantitative estimate of drug-likeness (QED) is 0.344. The van der Waals surface area contributed by atoms with Crippen LogP contribution in [0.25, 0.3) is 0 Å². The number of anilines is 1. The van der Waals surface area contributed by atoms with Gasteiger partial charge in [0.15, 0.2) is 0 Å². The molecule has 0 unspecified atom stereocenters. The summed E-state index contributed by atoms with van der Waals surface area (Å²) in [7, 11) is 0. The van der Waals surface area contributed by atoms with Gasteiger partial charge in [-0.1, -0.05) is 59.6 Å². The minimum atomic E-state index is -0.0632. The fraction of sp³-hybridized carbons (Fsp3) is 0.240. The van der Waals surface area contributed by atoms with Gasteiger partial charge in [-0.2, -0.15) is 0 Å². The van der Waals surface area contributed by atoms with Crippen LogP contribution in [0.3, 0.4) is 0 Å². The highest BCUT2D eigenvalue weighted by Crippen LogP contribution is 2.25. The van der Waals surface area contributed by atoms with Crippen LogP contribution in [-0.4, -0.2) is 12.5 Å². The third kappa shape index (κ3) is 7.30. The maximum absolute atomic E-state index is 12.3. The number of carbonyl (C=O) groups excluding carboxylic acids is 1. The lowest BCUT2D eigenvalue weighted by molar-refractivity contribution is 0.0949. The zero-order valence-corrected chi connectivity index (χ0v) is 20.0. The molecule has 0 saturated heterocycles. The molecule has 162 valence electrons. The zero-order chi connectivity index (χ0) is 22.2. The third-order valence-electron chi connectivity index (χ3n) is 4.61. The van der Waals surface area contributed by atoms with Crippen LogP contribution in [-0.2, 0) is 13.2 Å². The van der Waals surface area contributed by atoms with Gasteiger partial charge in [0, 0.05) is 39.4 Å². The van der Waals surface area contributed by atoms with E-state index in [-0.39, 0.29) is 5.91 Å². The van der Waals surface area contributed by atoms with Crippen LogP contribution in [0, 0.1) is 5.92 Å². The highest BCUT2D eigenvalue weighted by Gasteiger charge is 2.09. The molecular weight excluding hydrogens is 476 g/mol. The third-order valence-corrected chi connectivity index (χ3v) is 5.35. The van der Waals surface area contributed by atoms with Gasteiger partial charge in [-0.25, -0.2) is 0 Å². The van der Waals surface area contributed by atoms with E-state index in [2.05, 4.69) is 40.4 Å². The van der Waals surface area contributed by atoms with Crippen molar-refractivity contribution in [3.8, 4) is 5.75 Å². The standard InChI is InChI=1S/C25H26BrClN2O2/c1-17(2)14-29-25(30)19-4-3-5-23(13-19)28-15-20-12-21(26)8-11-24(20)31-16-18-6-9-22(27)10-7-18/h3-13,17,28H,14-16H2,1-2H3,(H,29,30). The second-order valence-electron chi connectivity index (χ2n) is 7.71. The van der Waals surface area contributed by atoms with Gasteiger partial charge in [-0.3, -0.25) is 4.79 Å². The van der Waals surface area contributed by atoms with E-state index < -0.39 is 0 Å². The smallest absolute Gasteiger partial charge is 0.251 e. The van der Waals surface area contributed by atoms with Gasteiger partial charge in [-0.05, 0) is 60.0 Å². The summed E-state index contributed by atoms with van der Waals surface area (Å²) in [5.41, 5.74) is 3.57. The van der Waals surface area contributed by atoms with Gasteiger partial charge in [0.25, 0.3) is 5.91 Å². The Morgan fingerprint density at radius 3 is 2.58 bits per heavy atom. The summed E-state index contributed by atoms with van der Waals surface area (Å²) in [5, 5.41) is 7.05. The zero-order valence-electron chi connectivity index (χ0n) is 17.6. The summed E-state index contributed by atoms with van der Waals surface area (Å²) < 4.78 is 7.03. The van der Waals surface area contributed by atoms with Crippen molar-refractivity contribution in [2.75, 3.05) is 11.9 Å². The van der Waals surface area contributed by atoms with Gasteiger partial charge in [-0.15, -0.1) is 0 Å². The van der Waals surface area contributed by atoms with Crippen LogP contribution in [0.15, 0.2) is 71.2 Å². The second kappa shape index (κ2) is 11.2. The van der Waals surface area contributed by atoms with Gasteiger partial charge in [0.2, 0.25) is 0 Å². The molecule has 0 fully saturated rings. The van der Waals surface area contributed by atoms with E-state index in [0.29, 0.717) is 36.2 Å². The first-order chi connectivity index (χ1) is 14.9. The average molecular weight is 502 g/mol. The molecule has 31 heavy (non-hydrogen) atoms. The van der Waals surface area contributed by atoms with E-state index in [0.717, 1.165) is 27.0 Å². The molecule has 0 atom stereocenters. The van der Waals surface area contributed by atoms with Crippen molar-refractivity contribution in [1.82, 2.24) is 5.32 Å². The molecule has 3 rings (SSSR count). The number of halogens is 2. The molecule has 0 spiro atoms. The molecule has 0 bridgehead atoms. The Morgan fingerprint density at radius 2 is 1.84 bits per heavy atom. The minimum Gasteiger partial charge on any atom is -0.489 e. The number of hydrogen-bond donors (Lipinski definition) is 2. The first-order valence-corrected chi connectivity index (χ1v) is 11.4. The fourth-order valence-electron chi connectivity index (χ4n) is 2.94. The van der Waals surface area contributed by atoms with Crippen molar-refractivity contribution in [2.24, 2.45) is 5.92 Å². The molecule has 0 aliphatic heterocycles. The van der Waals surface area contributed by atoms with Crippen molar-refractivity contribution in [2.45, 2.75) is 27.0 Å². The molecule has 0 heterocycles. The largest absolute Gasteiger partial charge is 0.489 e. The maximum Gasteiger partial charge on any atom is 0.251 e. The summed E-state index contributed by atoms with van der Waals surface area (Å²) in [6, 6.07) is 21.1. The lowest BCUT2D eigenvalue weighted by Crippen LogP contribution is -2.27. The Hall–Kier alpha value is -2.50. The number of benzene rings is 3. The Morgan fingerprint density at radius 1 is 1.06 bits per heavy atom. The SMILES string of the molecule is CC(C)CNC(=O)c1cccc(NCc2cc(Br)ccc2OCc2ccc(Cl)cc2)c1.